The zero-order valence-corrected chi connectivity index (χ0v) is 7.55. The van der Waals surface area contributed by atoms with Gasteiger partial charge in [-0.1, -0.05) is 21.1 Å². The first-order valence-corrected chi connectivity index (χ1v) is 4.07. The quantitative estimate of drug-likeness (QED) is 0.670. The number of halogens is 1. The van der Waals surface area contributed by atoms with Crippen molar-refractivity contribution in [3.05, 3.63) is 28.4 Å². The van der Waals surface area contributed by atoms with Crippen LogP contribution in [-0.4, -0.2) is 5.16 Å². The molecule has 0 unspecified atom stereocenters. The fourth-order valence-corrected chi connectivity index (χ4v) is 1.70. The molecular weight excluding hydrogens is 206 g/mol. The second kappa shape index (κ2) is 2.34. The summed E-state index contributed by atoms with van der Waals surface area (Å²) in [6, 6.07) is 3.99. The van der Waals surface area contributed by atoms with Gasteiger partial charge in [0.1, 0.15) is 0 Å². The van der Waals surface area contributed by atoms with E-state index in [0.29, 0.717) is 0 Å². The maximum Gasteiger partial charge on any atom is 0.169 e. The molecule has 0 N–H and O–H groups in total. The number of rotatable bonds is 0. The highest BCUT2D eigenvalue weighted by atomic mass is 79.9. The molecule has 0 aliphatic heterocycles. The van der Waals surface area contributed by atoms with Gasteiger partial charge in [0.2, 0.25) is 0 Å². The summed E-state index contributed by atoms with van der Waals surface area (Å²) in [5.74, 6) is 0. The van der Waals surface area contributed by atoms with Crippen molar-refractivity contribution in [2.24, 2.45) is 0 Å². The van der Waals surface area contributed by atoms with Gasteiger partial charge in [-0.3, -0.25) is 0 Å². The zero-order valence-electron chi connectivity index (χ0n) is 5.97. The summed E-state index contributed by atoms with van der Waals surface area (Å²) in [6.45, 7) is 2.00. The van der Waals surface area contributed by atoms with Crippen LogP contribution in [-0.2, 0) is 0 Å². The summed E-state index contributed by atoms with van der Waals surface area (Å²) in [7, 11) is 0. The highest BCUT2D eigenvalue weighted by Crippen LogP contribution is 2.22. The van der Waals surface area contributed by atoms with Gasteiger partial charge in [0.05, 0.1) is 6.20 Å². The minimum absolute atomic E-state index is 0.869. The molecule has 0 saturated carbocycles. The molecule has 2 nitrogen and oxygen atoms in total. The molecule has 1 heterocycles. The number of benzene rings is 1. The number of hydrogen-bond donors (Lipinski definition) is 0. The van der Waals surface area contributed by atoms with Gasteiger partial charge in [-0.05, 0) is 24.6 Å². The molecule has 3 heteroatoms. The first kappa shape index (κ1) is 6.85. The van der Waals surface area contributed by atoms with Gasteiger partial charge in [-0.2, -0.15) is 0 Å². The van der Waals surface area contributed by atoms with Crippen molar-refractivity contribution in [2.75, 3.05) is 0 Å². The predicted octanol–water partition coefficient (Wildman–Crippen LogP) is 2.90. The Morgan fingerprint density at radius 2 is 2.27 bits per heavy atom. The summed E-state index contributed by atoms with van der Waals surface area (Å²) in [5.41, 5.74) is 1.97. The lowest BCUT2D eigenvalue weighted by Gasteiger charge is -1.93. The molecule has 0 fully saturated rings. The van der Waals surface area contributed by atoms with Crippen LogP contribution in [0.4, 0.5) is 0 Å². The highest BCUT2D eigenvalue weighted by Gasteiger charge is 2.02. The van der Waals surface area contributed by atoms with E-state index in [0.717, 1.165) is 21.0 Å². The first-order valence-electron chi connectivity index (χ1n) is 3.28. The van der Waals surface area contributed by atoms with Crippen molar-refractivity contribution >= 4 is 26.9 Å². The van der Waals surface area contributed by atoms with Crippen molar-refractivity contribution in [3.63, 3.8) is 0 Å². The summed E-state index contributed by atoms with van der Waals surface area (Å²) in [4.78, 5) is 0. The van der Waals surface area contributed by atoms with Crippen molar-refractivity contribution in [1.82, 2.24) is 5.16 Å². The monoisotopic (exact) mass is 211 g/mol. The molecule has 2 rings (SSSR count). The van der Waals surface area contributed by atoms with Gasteiger partial charge < -0.3 is 4.52 Å². The van der Waals surface area contributed by atoms with E-state index < -0.39 is 0 Å². The normalized spacial score (nSPS) is 10.7. The Morgan fingerprint density at radius 3 is 3.09 bits per heavy atom. The summed E-state index contributed by atoms with van der Waals surface area (Å²) in [6.07, 6.45) is 1.72. The molecule has 0 saturated heterocycles. The third kappa shape index (κ3) is 1.05. The number of hydrogen-bond acceptors (Lipinski definition) is 2. The molecule has 56 valence electrons. The molecule has 0 spiro atoms. The average molecular weight is 212 g/mol. The molecule has 0 aliphatic rings. The molecular formula is C8H6BrNO. The van der Waals surface area contributed by atoms with E-state index >= 15 is 0 Å². The summed E-state index contributed by atoms with van der Waals surface area (Å²) < 4.78 is 6.09. The minimum Gasteiger partial charge on any atom is -0.356 e. The second-order valence-corrected chi connectivity index (χ2v) is 3.38. The lowest BCUT2D eigenvalue weighted by atomic mass is 10.2. The maximum absolute atomic E-state index is 5.03. The van der Waals surface area contributed by atoms with Crippen LogP contribution in [0.15, 0.2) is 27.3 Å². The van der Waals surface area contributed by atoms with Gasteiger partial charge in [0.25, 0.3) is 0 Å². The van der Waals surface area contributed by atoms with Gasteiger partial charge >= 0.3 is 0 Å². The molecule has 1 aromatic carbocycles. The van der Waals surface area contributed by atoms with E-state index in [1.807, 2.05) is 19.1 Å². The fourth-order valence-electron chi connectivity index (χ4n) is 1.11. The highest BCUT2D eigenvalue weighted by molar-refractivity contribution is 9.10. The van der Waals surface area contributed by atoms with Crippen LogP contribution in [0.3, 0.4) is 0 Å². The smallest absolute Gasteiger partial charge is 0.169 e. The van der Waals surface area contributed by atoms with E-state index in [4.69, 9.17) is 4.52 Å². The van der Waals surface area contributed by atoms with Crippen LogP contribution in [0.1, 0.15) is 5.56 Å². The molecule has 11 heavy (non-hydrogen) atoms. The first-order chi connectivity index (χ1) is 5.27. The van der Waals surface area contributed by atoms with Gasteiger partial charge in [-0.25, -0.2) is 0 Å². The summed E-state index contributed by atoms with van der Waals surface area (Å²) >= 11 is 3.40. The Kier molecular flexibility index (Phi) is 1.46. The molecule has 1 aromatic heterocycles. The molecule has 2 aromatic rings. The van der Waals surface area contributed by atoms with Crippen LogP contribution < -0.4 is 0 Å². The third-order valence-electron chi connectivity index (χ3n) is 1.60. The standard InChI is InChI=1S/C8H6BrNO/c1-5-2-7(9)3-6-4-10-11-8(5)6/h2-4H,1H3. The molecule has 0 bridgehead atoms. The Hall–Kier alpha value is -0.830. The lowest BCUT2D eigenvalue weighted by molar-refractivity contribution is 0.455. The Morgan fingerprint density at radius 1 is 1.45 bits per heavy atom. The Labute approximate surface area is 72.3 Å². The average Bonchev–Trinajstić information content (AvgIpc) is 2.34. The number of nitrogens with zero attached hydrogens (tertiary/aromatic N) is 1. The van der Waals surface area contributed by atoms with Crippen LogP contribution in [0.25, 0.3) is 11.0 Å². The predicted molar refractivity (Wildman–Crippen MR) is 46.4 cm³/mol. The lowest BCUT2D eigenvalue weighted by Crippen LogP contribution is -1.72. The van der Waals surface area contributed by atoms with Crippen LogP contribution in [0.2, 0.25) is 0 Å². The van der Waals surface area contributed by atoms with Gasteiger partial charge in [0, 0.05) is 9.86 Å². The third-order valence-corrected chi connectivity index (χ3v) is 2.06. The number of aromatic nitrogens is 1. The van der Waals surface area contributed by atoms with E-state index in [1.54, 1.807) is 6.20 Å². The van der Waals surface area contributed by atoms with Gasteiger partial charge in [0.15, 0.2) is 5.58 Å². The van der Waals surface area contributed by atoms with Crippen LogP contribution in [0, 0.1) is 6.92 Å². The fraction of sp³-hybridized carbons (Fsp3) is 0.125. The second-order valence-electron chi connectivity index (χ2n) is 2.47. The number of aryl methyl sites for hydroxylation is 1. The Balaban J connectivity index is 2.91. The largest absolute Gasteiger partial charge is 0.356 e. The maximum atomic E-state index is 5.03. The molecule has 0 radical (unpaired) electrons. The zero-order chi connectivity index (χ0) is 7.84. The molecule has 0 atom stereocenters. The van der Waals surface area contributed by atoms with E-state index in [2.05, 4.69) is 21.1 Å². The number of fused-ring (bicyclic) bond motifs is 1. The SMILES string of the molecule is Cc1cc(Br)cc2cnoc12. The van der Waals surface area contributed by atoms with Crippen LogP contribution >= 0.6 is 15.9 Å². The van der Waals surface area contributed by atoms with E-state index in [9.17, 15) is 0 Å². The van der Waals surface area contributed by atoms with Crippen molar-refractivity contribution in [2.45, 2.75) is 6.92 Å². The van der Waals surface area contributed by atoms with Crippen LogP contribution in [0.5, 0.6) is 0 Å². The molecule has 0 amide bonds. The minimum atomic E-state index is 0.869. The van der Waals surface area contributed by atoms with Crippen molar-refractivity contribution < 1.29 is 4.52 Å². The van der Waals surface area contributed by atoms with Crippen molar-refractivity contribution in [3.8, 4) is 0 Å². The van der Waals surface area contributed by atoms with E-state index in [-0.39, 0.29) is 0 Å². The van der Waals surface area contributed by atoms with E-state index in [1.165, 1.54) is 0 Å². The van der Waals surface area contributed by atoms with Gasteiger partial charge in [-0.15, -0.1) is 0 Å². The summed E-state index contributed by atoms with van der Waals surface area (Å²) in [5, 5.41) is 4.75. The topological polar surface area (TPSA) is 26.0 Å². The Bertz CT molecular complexity index is 394. The molecule has 0 aliphatic carbocycles. The van der Waals surface area contributed by atoms with Crippen molar-refractivity contribution in [1.29, 1.82) is 0 Å².